The van der Waals surface area contributed by atoms with Crippen LogP contribution in [0.1, 0.15) is 23.2 Å². The summed E-state index contributed by atoms with van der Waals surface area (Å²) in [5, 5.41) is 0. The summed E-state index contributed by atoms with van der Waals surface area (Å²) >= 11 is 0. The van der Waals surface area contributed by atoms with E-state index in [-0.39, 0.29) is 60.8 Å². The Morgan fingerprint density at radius 3 is 2.17 bits per heavy atom. The Labute approximate surface area is 174 Å². The first-order chi connectivity index (χ1) is 14.5. The molecule has 0 radical (unpaired) electrons. The van der Waals surface area contributed by atoms with Crippen molar-refractivity contribution in [3.8, 4) is 5.75 Å². The number of nitrogens with zero attached hydrogens (tertiary/aromatic N) is 1. The second-order valence-electron chi connectivity index (χ2n) is 8.55. The third-order valence-electron chi connectivity index (χ3n) is 7.07. The fraction of sp³-hybridized carbons (Fsp3) is 0.478. The van der Waals surface area contributed by atoms with Crippen molar-refractivity contribution >= 4 is 23.6 Å². The lowest BCUT2D eigenvalue weighted by molar-refractivity contribution is -0.145. The van der Waals surface area contributed by atoms with Crippen molar-refractivity contribution in [3.05, 3.63) is 42.0 Å². The van der Waals surface area contributed by atoms with Crippen LogP contribution >= 0.6 is 0 Å². The van der Waals surface area contributed by atoms with Crippen molar-refractivity contribution < 1.29 is 28.7 Å². The van der Waals surface area contributed by atoms with Crippen molar-refractivity contribution in [2.45, 2.75) is 12.8 Å². The Kier molecular flexibility index (Phi) is 4.49. The molecular formula is C23H23NO6. The summed E-state index contributed by atoms with van der Waals surface area (Å²) in [6, 6.07) is 6.52. The van der Waals surface area contributed by atoms with Gasteiger partial charge >= 0.3 is 5.97 Å². The van der Waals surface area contributed by atoms with Gasteiger partial charge in [-0.25, -0.2) is 0 Å². The normalized spacial score (nSPS) is 32.6. The molecule has 1 aromatic carbocycles. The molecule has 1 heterocycles. The molecule has 2 saturated carbocycles. The maximum Gasteiger partial charge on any atom is 0.308 e. The Morgan fingerprint density at radius 2 is 1.60 bits per heavy atom. The number of benzene rings is 1. The van der Waals surface area contributed by atoms with Gasteiger partial charge in [0, 0.05) is 12.1 Å². The van der Waals surface area contributed by atoms with Crippen molar-refractivity contribution in [1.82, 2.24) is 4.90 Å². The van der Waals surface area contributed by atoms with Gasteiger partial charge < -0.3 is 9.47 Å². The van der Waals surface area contributed by atoms with Crippen LogP contribution in [-0.4, -0.2) is 48.7 Å². The van der Waals surface area contributed by atoms with Crippen molar-refractivity contribution in [2.24, 2.45) is 35.5 Å². The smallest absolute Gasteiger partial charge is 0.308 e. The number of imide groups is 1. The lowest BCUT2D eigenvalue weighted by Gasteiger charge is -2.37. The van der Waals surface area contributed by atoms with Crippen LogP contribution in [0.3, 0.4) is 0 Å². The van der Waals surface area contributed by atoms with Gasteiger partial charge in [-0.2, -0.15) is 0 Å². The molecule has 0 spiro atoms. The van der Waals surface area contributed by atoms with E-state index in [1.165, 1.54) is 12.0 Å². The molecular weight excluding hydrogens is 386 g/mol. The van der Waals surface area contributed by atoms with E-state index in [1.807, 2.05) is 0 Å². The van der Waals surface area contributed by atoms with E-state index >= 15 is 0 Å². The summed E-state index contributed by atoms with van der Waals surface area (Å²) in [5.41, 5.74) is 0.416. The van der Waals surface area contributed by atoms with Crippen LogP contribution in [0.25, 0.3) is 0 Å². The van der Waals surface area contributed by atoms with E-state index in [4.69, 9.17) is 9.47 Å². The zero-order valence-corrected chi connectivity index (χ0v) is 16.7. The molecule has 1 saturated heterocycles. The summed E-state index contributed by atoms with van der Waals surface area (Å²) < 4.78 is 10.1. The average Bonchev–Trinajstić information content (AvgIpc) is 3.55. The third kappa shape index (κ3) is 2.95. The first-order valence-electron chi connectivity index (χ1n) is 10.4. The topological polar surface area (TPSA) is 90.0 Å². The highest BCUT2D eigenvalue weighted by molar-refractivity contribution is 6.06. The summed E-state index contributed by atoms with van der Waals surface area (Å²) in [5.74, 6) is 0.301. The molecule has 3 fully saturated rings. The highest BCUT2D eigenvalue weighted by Gasteiger charge is 2.66. The molecule has 7 heteroatoms. The van der Waals surface area contributed by atoms with Crippen molar-refractivity contribution in [1.29, 1.82) is 0 Å². The third-order valence-corrected chi connectivity index (χ3v) is 7.07. The molecule has 1 aromatic rings. The first kappa shape index (κ1) is 19.0. The molecule has 1 aliphatic heterocycles. The summed E-state index contributed by atoms with van der Waals surface area (Å²) in [7, 11) is 1.54. The van der Waals surface area contributed by atoms with Crippen LogP contribution in [0.2, 0.25) is 0 Å². The van der Waals surface area contributed by atoms with Crippen molar-refractivity contribution in [3.63, 3.8) is 0 Å². The SMILES string of the molecule is COc1ccc(C(=O)COC(=O)CCN2C(=O)[C@@H]3[C@H]4C=C[C@@H]([C@@H]5C[C@@H]45)[C@H]3C2=O)cc1. The van der Waals surface area contributed by atoms with E-state index in [9.17, 15) is 19.2 Å². The van der Waals surface area contributed by atoms with Crippen LogP contribution in [-0.2, 0) is 19.1 Å². The lowest BCUT2D eigenvalue weighted by atomic mass is 9.63. The predicted molar refractivity (Wildman–Crippen MR) is 104 cm³/mol. The second-order valence-corrected chi connectivity index (χ2v) is 8.55. The van der Waals surface area contributed by atoms with Gasteiger partial charge in [-0.1, -0.05) is 12.2 Å². The minimum atomic E-state index is -0.601. The van der Waals surface area contributed by atoms with Crippen LogP contribution in [0.15, 0.2) is 36.4 Å². The Bertz CT molecular complexity index is 915. The van der Waals surface area contributed by atoms with Crippen molar-refractivity contribution in [2.75, 3.05) is 20.3 Å². The minimum absolute atomic E-state index is 0.00893. The number of allylic oxidation sites excluding steroid dienone is 2. The van der Waals surface area contributed by atoms with Gasteiger partial charge in [0.25, 0.3) is 0 Å². The summed E-state index contributed by atoms with van der Waals surface area (Å²) in [6.07, 6.45) is 5.24. The number of hydrogen-bond donors (Lipinski definition) is 0. The predicted octanol–water partition coefficient (Wildman–Crippen LogP) is 1.86. The Hall–Kier alpha value is -2.96. The number of amides is 2. The largest absolute Gasteiger partial charge is 0.497 e. The maximum absolute atomic E-state index is 12.9. The van der Waals surface area contributed by atoms with Crippen LogP contribution in [0.4, 0.5) is 0 Å². The summed E-state index contributed by atoms with van der Waals surface area (Å²) in [4.78, 5) is 51.2. The molecule has 30 heavy (non-hydrogen) atoms. The molecule has 0 unspecified atom stereocenters. The molecule has 0 aromatic heterocycles. The Morgan fingerprint density at radius 1 is 1.00 bits per heavy atom. The number of methoxy groups -OCH3 is 1. The van der Waals surface area contributed by atoms with Gasteiger partial charge in [-0.15, -0.1) is 0 Å². The molecule has 0 N–H and O–H groups in total. The van der Waals surface area contributed by atoms with Gasteiger partial charge in [-0.05, 0) is 54.4 Å². The number of ketones is 1. The number of likely N-dealkylation sites (tertiary alicyclic amines) is 1. The zero-order chi connectivity index (χ0) is 21.0. The molecule has 2 bridgehead atoms. The number of carbonyl (C=O) groups excluding carboxylic acids is 4. The molecule has 2 amide bonds. The van der Waals surface area contributed by atoms with Gasteiger partial charge in [0.2, 0.25) is 11.8 Å². The quantitative estimate of drug-likeness (QED) is 0.296. The average molecular weight is 409 g/mol. The van der Waals surface area contributed by atoms with Gasteiger partial charge in [-0.3, -0.25) is 24.1 Å². The van der Waals surface area contributed by atoms with Crippen LogP contribution in [0, 0.1) is 35.5 Å². The monoisotopic (exact) mass is 409 g/mol. The van der Waals surface area contributed by atoms with E-state index in [0.29, 0.717) is 23.1 Å². The minimum Gasteiger partial charge on any atom is -0.497 e. The number of ether oxygens (including phenoxy) is 2. The highest BCUT2D eigenvalue weighted by Crippen LogP contribution is 2.65. The first-order valence-corrected chi connectivity index (χ1v) is 10.4. The molecule has 6 rings (SSSR count). The molecule has 7 nitrogen and oxygen atoms in total. The second kappa shape index (κ2) is 7.07. The molecule has 6 atom stereocenters. The number of carbonyl (C=O) groups is 4. The van der Waals surface area contributed by atoms with Crippen LogP contribution in [0.5, 0.6) is 5.75 Å². The standard InChI is InChI=1S/C23H23NO6/c1-29-13-4-2-12(3-5-13)18(25)11-30-19(26)8-9-24-22(27)20-14-6-7-15(17-10-16(14)17)21(20)23(24)28/h2-7,14-17,20-21H,8-11H2,1H3/t14-,15-,16-,17-,20+,21+/m0/s1. The van der Waals surface area contributed by atoms with E-state index < -0.39 is 5.97 Å². The van der Waals surface area contributed by atoms with Crippen LogP contribution < -0.4 is 4.74 Å². The number of hydrogen-bond acceptors (Lipinski definition) is 6. The van der Waals surface area contributed by atoms with E-state index in [1.54, 1.807) is 24.3 Å². The fourth-order valence-corrected chi connectivity index (χ4v) is 5.52. The Balaban J connectivity index is 1.14. The fourth-order valence-electron chi connectivity index (χ4n) is 5.52. The van der Waals surface area contributed by atoms with E-state index in [0.717, 1.165) is 6.42 Å². The molecule has 156 valence electrons. The highest BCUT2D eigenvalue weighted by atomic mass is 16.5. The molecule has 4 aliphatic carbocycles. The summed E-state index contributed by atoms with van der Waals surface area (Å²) in [6.45, 7) is -0.370. The number of esters is 1. The zero-order valence-electron chi connectivity index (χ0n) is 16.7. The van der Waals surface area contributed by atoms with Gasteiger partial charge in [0.15, 0.2) is 12.4 Å². The number of rotatable bonds is 7. The van der Waals surface area contributed by atoms with Gasteiger partial charge in [0.05, 0.1) is 25.4 Å². The maximum atomic E-state index is 12.9. The molecule has 5 aliphatic rings. The van der Waals surface area contributed by atoms with Gasteiger partial charge in [0.1, 0.15) is 5.75 Å². The van der Waals surface area contributed by atoms with E-state index in [2.05, 4.69) is 12.2 Å². The lowest BCUT2D eigenvalue weighted by Crippen LogP contribution is -2.40. The number of Topliss-reactive ketones (excluding diaryl/α,β-unsaturated/α-hetero) is 1.